The highest BCUT2D eigenvalue weighted by molar-refractivity contribution is 7.14. The molecule has 0 aliphatic heterocycles. The van der Waals surface area contributed by atoms with Gasteiger partial charge in [-0.3, -0.25) is 4.79 Å². The second-order valence-corrected chi connectivity index (χ2v) is 6.41. The van der Waals surface area contributed by atoms with E-state index in [0.29, 0.717) is 17.2 Å². The van der Waals surface area contributed by atoms with Crippen LogP contribution in [0.3, 0.4) is 0 Å². The fourth-order valence-corrected chi connectivity index (χ4v) is 3.00. The Labute approximate surface area is 143 Å². The molecule has 2 amide bonds. The first-order valence-electron chi connectivity index (χ1n) is 7.40. The Morgan fingerprint density at radius 3 is 2.58 bits per heavy atom. The van der Waals surface area contributed by atoms with Gasteiger partial charge in [0.05, 0.1) is 17.7 Å². The third-order valence-corrected chi connectivity index (χ3v) is 4.45. The first-order valence-corrected chi connectivity index (χ1v) is 8.22. The molecule has 6 heteroatoms. The summed E-state index contributed by atoms with van der Waals surface area (Å²) in [4.78, 5) is 25.5. The molecule has 122 valence electrons. The van der Waals surface area contributed by atoms with Crippen molar-refractivity contribution in [3.8, 4) is 0 Å². The van der Waals surface area contributed by atoms with Crippen LogP contribution >= 0.6 is 11.3 Å². The average Bonchev–Trinajstić information content (AvgIpc) is 3.26. The quantitative estimate of drug-likeness (QED) is 0.684. The number of aryl methyl sites for hydroxylation is 1. The molecule has 2 heterocycles. The molecule has 0 fully saturated rings. The maximum Gasteiger partial charge on any atom is 0.319 e. The van der Waals surface area contributed by atoms with Crippen molar-refractivity contribution in [2.45, 2.75) is 13.5 Å². The molecule has 0 unspecified atom stereocenters. The lowest BCUT2D eigenvalue weighted by Gasteiger charge is -2.06. The van der Waals surface area contributed by atoms with Gasteiger partial charge in [0.2, 0.25) is 5.78 Å². The van der Waals surface area contributed by atoms with E-state index in [1.54, 1.807) is 18.2 Å². The molecule has 0 aliphatic carbocycles. The van der Waals surface area contributed by atoms with Gasteiger partial charge in [-0.15, -0.1) is 11.3 Å². The second kappa shape index (κ2) is 7.14. The molecule has 0 bridgehead atoms. The minimum absolute atomic E-state index is 0.152. The number of urea groups is 1. The van der Waals surface area contributed by atoms with E-state index < -0.39 is 0 Å². The molecule has 2 aromatic heterocycles. The van der Waals surface area contributed by atoms with E-state index in [2.05, 4.69) is 10.6 Å². The smallest absolute Gasteiger partial charge is 0.319 e. The molecule has 24 heavy (non-hydrogen) atoms. The van der Waals surface area contributed by atoms with Gasteiger partial charge in [0, 0.05) is 10.6 Å². The van der Waals surface area contributed by atoms with Crippen LogP contribution in [0.4, 0.5) is 10.5 Å². The third kappa shape index (κ3) is 3.91. The minimum atomic E-state index is -0.286. The van der Waals surface area contributed by atoms with Crippen LogP contribution in [0.5, 0.6) is 0 Å². The zero-order chi connectivity index (χ0) is 16.9. The number of benzene rings is 1. The van der Waals surface area contributed by atoms with Crippen LogP contribution in [0.1, 0.15) is 25.9 Å². The maximum atomic E-state index is 12.1. The Morgan fingerprint density at radius 2 is 1.88 bits per heavy atom. The number of carbonyl (C=O) groups excluding carboxylic acids is 2. The summed E-state index contributed by atoms with van der Waals surface area (Å²) in [6, 6.07) is 14.2. The summed E-state index contributed by atoms with van der Waals surface area (Å²) in [5.41, 5.74) is 1.87. The molecule has 0 saturated carbocycles. The summed E-state index contributed by atoms with van der Waals surface area (Å²) in [6.07, 6.45) is 1.47. The van der Waals surface area contributed by atoms with Crippen molar-refractivity contribution in [1.82, 2.24) is 5.32 Å². The fourth-order valence-electron chi connectivity index (χ4n) is 2.10. The van der Waals surface area contributed by atoms with E-state index in [4.69, 9.17) is 4.42 Å². The fraction of sp³-hybridized carbons (Fsp3) is 0.111. The first-order chi connectivity index (χ1) is 11.6. The Hall–Kier alpha value is -2.86. The number of hydrogen-bond donors (Lipinski definition) is 2. The van der Waals surface area contributed by atoms with Crippen LogP contribution in [0, 0.1) is 6.92 Å². The maximum absolute atomic E-state index is 12.1. The van der Waals surface area contributed by atoms with E-state index in [1.807, 2.05) is 37.3 Å². The van der Waals surface area contributed by atoms with E-state index in [0.717, 1.165) is 16.1 Å². The predicted octanol–water partition coefficient (Wildman–Crippen LogP) is 4.20. The molecule has 0 atom stereocenters. The van der Waals surface area contributed by atoms with Crippen LogP contribution in [0.15, 0.2) is 59.2 Å². The monoisotopic (exact) mass is 340 g/mol. The highest BCUT2D eigenvalue weighted by Gasteiger charge is 2.14. The zero-order valence-electron chi connectivity index (χ0n) is 13.0. The van der Waals surface area contributed by atoms with Gasteiger partial charge in [-0.1, -0.05) is 17.7 Å². The largest absolute Gasteiger partial charge is 0.461 e. The molecule has 0 aliphatic rings. The van der Waals surface area contributed by atoms with Gasteiger partial charge < -0.3 is 15.1 Å². The summed E-state index contributed by atoms with van der Waals surface area (Å²) >= 11 is 1.34. The second-order valence-electron chi connectivity index (χ2n) is 5.25. The van der Waals surface area contributed by atoms with Crippen LogP contribution in [-0.2, 0) is 6.54 Å². The van der Waals surface area contributed by atoms with Crippen molar-refractivity contribution in [1.29, 1.82) is 0 Å². The Bertz CT molecular complexity index is 836. The van der Waals surface area contributed by atoms with Gasteiger partial charge >= 0.3 is 6.03 Å². The number of ketones is 1. The predicted molar refractivity (Wildman–Crippen MR) is 93.5 cm³/mol. The van der Waals surface area contributed by atoms with E-state index in [-0.39, 0.29) is 11.8 Å². The van der Waals surface area contributed by atoms with Crippen molar-refractivity contribution in [2.75, 3.05) is 5.32 Å². The Balaban J connectivity index is 1.54. The molecule has 1 aromatic carbocycles. The number of furan rings is 1. The van der Waals surface area contributed by atoms with Gasteiger partial charge in [0.25, 0.3) is 0 Å². The topological polar surface area (TPSA) is 71.3 Å². The number of anilines is 1. The molecule has 2 N–H and O–H groups in total. The Kier molecular flexibility index (Phi) is 4.77. The molecule has 0 spiro atoms. The standard InChI is InChI=1S/C18H16N2O3S/c1-12-4-6-13(7-5-12)20-18(22)19-11-14-8-9-16(24-14)17(21)15-3-2-10-23-15/h2-10H,11H2,1H3,(H2,19,20,22). The van der Waals surface area contributed by atoms with Crippen LogP contribution in [-0.4, -0.2) is 11.8 Å². The summed E-state index contributed by atoms with van der Waals surface area (Å²) in [5.74, 6) is 0.161. The Morgan fingerprint density at radius 1 is 1.08 bits per heavy atom. The first kappa shape index (κ1) is 16.0. The van der Waals surface area contributed by atoms with Gasteiger partial charge in [0.15, 0.2) is 5.76 Å². The third-order valence-electron chi connectivity index (χ3n) is 3.36. The van der Waals surface area contributed by atoms with Gasteiger partial charge in [-0.05, 0) is 43.3 Å². The molecular formula is C18H16N2O3S. The number of hydrogen-bond acceptors (Lipinski definition) is 4. The number of thiophene rings is 1. The molecule has 5 nitrogen and oxygen atoms in total. The van der Waals surface area contributed by atoms with Gasteiger partial charge in [-0.25, -0.2) is 4.79 Å². The molecule has 3 rings (SSSR count). The normalized spacial score (nSPS) is 10.4. The minimum Gasteiger partial charge on any atom is -0.461 e. The van der Waals surface area contributed by atoms with Crippen LogP contribution in [0.2, 0.25) is 0 Å². The number of rotatable bonds is 5. The summed E-state index contributed by atoms with van der Waals surface area (Å²) < 4.78 is 5.11. The number of nitrogens with one attached hydrogen (secondary N) is 2. The SMILES string of the molecule is Cc1ccc(NC(=O)NCc2ccc(C(=O)c3ccco3)s2)cc1. The van der Waals surface area contributed by atoms with Crippen LogP contribution in [0.25, 0.3) is 0 Å². The van der Waals surface area contributed by atoms with Crippen molar-refractivity contribution in [3.05, 3.63) is 75.9 Å². The van der Waals surface area contributed by atoms with E-state index >= 15 is 0 Å². The van der Waals surface area contributed by atoms with Crippen LogP contribution < -0.4 is 10.6 Å². The number of carbonyl (C=O) groups is 2. The highest BCUT2D eigenvalue weighted by atomic mass is 32.1. The van der Waals surface area contributed by atoms with Gasteiger partial charge in [-0.2, -0.15) is 0 Å². The summed E-state index contributed by atoms with van der Waals surface area (Å²) in [6.45, 7) is 2.34. The molecule has 0 saturated heterocycles. The lowest BCUT2D eigenvalue weighted by molar-refractivity contribution is 0.101. The van der Waals surface area contributed by atoms with Crippen molar-refractivity contribution >= 4 is 28.8 Å². The van der Waals surface area contributed by atoms with Gasteiger partial charge in [0.1, 0.15) is 0 Å². The zero-order valence-corrected chi connectivity index (χ0v) is 13.9. The van der Waals surface area contributed by atoms with E-state index in [9.17, 15) is 9.59 Å². The lowest BCUT2D eigenvalue weighted by Crippen LogP contribution is -2.27. The van der Waals surface area contributed by atoms with Crippen molar-refractivity contribution in [2.24, 2.45) is 0 Å². The lowest BCUT2D eigenvalue weighted by atomic mass is 10.2. The van der Waals surface area contributed by atoms with Crippen molar-refractivity contribution in [3.63, 3.8) is 0 Å². The highest BCUT2D eigenvalue weighted by Crippen LogP contribution is 2.20. The molecular weight excluding hydrogens is 324 g/mol. The summed E-state index contributed by atoms with van der Waals surface area (Å²) in [7, 11) is 0. The average molecular weight is 340 g/mol. The molecule has 3 aromatic rings. The number of amides is 2. The summed E-state index contributed by atoms with van der Waals surface area (Å²) in [5, 5.41) is 5.54. The van der Waals surface area contributed by atoms with E-state index in [1.165, 1.54) is 17.6 Å². The molecule has 0 radical (unpaired) electrons. The van der Waals surface area contributed by atoms with Crippen molar-refractivity contribution < 1.29 is 14.0 Å².